The van der Waals surface area contributed by atoms with Crippen LogP contribution >= 0.6 is 0 Å². The van der Waals surface area contributed by atoms with Crippen molar-refractivity contribution in [3.63, 3.8) is 0 Å². The first-order valence-electron chi connectivity index (χ1n) is 14.1. The van der Waals surface area contributed by atoms with E-state index >= 15 is 0 Å². The second kappa shape index (κ2) is 11.0. The van der Waals surface area contributed by atoms with Gasteiger partial charge in [0.25, 0.3) is 11.1 Å². The van der Waals surface area contributed by atoms with Gasteiger partial charge in [-0.1, -0.05) is 51.5 Å². The number of rotatable bonds is 10. The molecule has 0 saturated heterocycles. The van der Waals surface area contributed by atoms with Gasteiger partial charge in [0.2, 0.25) is 0 Å². The lowest BCUT2D eigenvalue weighted by Crippen LogP contribution is -2.34. The lowest BCUT2D eigenvalue weighted by molar-refractivity contribution is -0.0830. The average molecular weight is 564 g/mol. The Balaban J connectivity index is 1.60. The van der Waals surface area contributed by atoms with Crippen LogP contribution in [-0.2, 0) is 9.47 Å². The lowest BCUT2D eigenvalue weighted by atomic mass is 9.87. The Morgan fingerprint density at radius 1 is 0.756 bits per heavy atom. The van der Waals surface area contributed by atoms with Gasteiger partial charge in [-0.2, -0.15) is 0 Å². The zero-order valence-corrected chi connectivity index (χ0v) is 25.1. The molecule has 0 saturated carbocycles. The van der Waals surface area contributed by atoms with E-state index in [0.717, 1.165) is 23.8 Å². The number of hydrogen-bond acceptors (Lipinski definition) is 8. The number of aromatic nitrogens is 1. The largest absolute Gasteiger partial charge is 0.397 e. The van der Waals surface area contributed by atoms with Gasteiger partial charge >= 0.3 is 0 Å². The molecular weight excluding hydrogens is 522 g/mol. The molecule has 0 bridgehead atoms. The Labute approximate surface area is 238 Å². The van der Waals surface area contributed by atoms with Gasteiger partial charge in [-0.05, 0) is 46.0 Å². The second-order valence-electron chi connectivity index (χ2n) is 13.0. The molecule has 0 aliphatic carbocycles. The van der Waals surface area contributed by atoms with Crippen LogP contribution in [0.3, 0.4) is 0 Å². The van der Waals surface area contributed by atoms with Crippen molar-refractivity contribution in [1.82, 2.24) is 4.57 Å². The van der Waals surface area contributed by atoms with Crippen LogP contribution in [0.2, 0.25) is 0 Å². The van der Waals surface area contributed by atoms with E-state index in [-0.39, 0.29) is 67.4 Å². The van der Waals surface area contributed by atoms with Gasteiger partial charge in [0, 0.05) is 10.8 Å². The van der Waals surface area contributed by atoms with E-state index < -0.39 is 28.0 Å². The van der Waals surface area contributed by atoms with E-state index in [1.165, 1.54) is 12.1 Å². The number of ether oxygens (including phenoxy) is 2. The molecule has 0 aliphatic rings. The summed E-state index contributed by atoms with van der Waals surface area (Å²) in [6, 6.07) is 5.67. The Bertz CT molecular complexity index is 1720. The SMILES string of the molecule is CC(COC(C)(C)CCCC(C)(C)C)OCC(C)n1c(=O)c2c(N)c3c(=O)c4ccccc4c(=O)c3c(N)c2c1=O. The third kappa shape index (κ3) is 5.78. The third-order valence-electron chi connectivity index (χ3n) is 7.79. The zero-order valence-electron chi connectivity index (χ0n) is 25.1. The summed E-state index contributed by atoms with van der Waals surface area (Å²) < 4.78 is 13.1. The fourth-order valence-corrected chi connectivity index (χ4v) is 5.47. The van der Waals surface area contributed by atoms with Gasteiger partial charge < -0.3 is 20.9 Å². The highest BCUT2D eigenvalue weighted by Gasteiger charge is 2.27. The summed E-state index contributed by atoms with van der Waals surface area (Å²) in [5.41, 5.74) is 9.87. The van der Waals surface area contributed by atoms with E-state index in [1.807, 2.05) is 6.92 Å². The molecule has 2 atom stereocenters. The molecule has 3 aromatic carbocycles. The first kappa shape index (κ1) is 30.4. The van der Waals surface area contributed by atoms with E-state index in [0.29, 0.717) is 6.61 Å². The van der Waals surface area contributed by atoms with Crippen LogP contribution in [0.1, 0.15) is 73.8 Å². The molecule has 1 aromatic heterocycles. The first-order chi connectivity index (χ1) is 19.1. The maximum atomic E-state index is 13.5. The molecule has 4 aromatic rings. The van der Waals surface area contributed by atoms with E-state index in [4.69, 9.17) is 20.9 Å². The van der Waals surface area contributed by atoms with Crippen LogP contribution < -0.4 is 33.4 Å². The molecular formula is C32H41N3O6. The standard InChI is InChI=1S/C32H41N3O6/c1-17(15-40-18(2)16-41-32(6,7)14-10-13-31(3,4)5)35-29(38)23-24(30(35)39)26(34)22-21(25(23)33)27(36)19-11-8-9-12-20(19)28(22)37/h8-9,11-12,17-18H,10,13-16,33-34H2,1-7H3. The molecule has 0 aliphatic heterocycles. The fraction of sp³-hybridized carbons (Fsp3) is 0.500. The minimum atomic E-state index is -0.670. The predicted molar refractivity (Wildman–Crippen MR) is 167 cm³/mol. The summed E-state index contributed by atoms with van der Waals surface area (Å²) in [4.78, 5) is 53.6. The van der Waals surface area contributed by atoms with Crippen molar-refractivity contribution in [3.05, 3.63) is 65.4 Å². The monoisotopic (exact) mass is 563 g/mol. The van der Waals surface area contributed by atoms with Crippen molar-refractivity contribution in [2.75, 3.05) is 24.7 Å². The molecule has 220 valence electrons. The maximum Gasteiger partial charge on any atom is 0.264 e. The highest BCUT2D eigenvalue weighted by molar-refractivity contribution is 6.20. The fourth-order valence-electron chi connectivity index (χ4n) is 5.47. The molecule has 1 heterocycles. The minimum absolute atomic E-state index is 0.0588. The van der Waals surface area contributed by atoms with Crippen molar-refractivity contribution in [2.24, 2.45) is 5.41 Å². The molecule has 0 spiro atoms. The van der Waals surface area contributed by atoms with E-state index in [1.54, 1.807) is 19.1 Å². The number of benzene rings is 3. The Morgan fingerprint density at radius 3 is 1.71 bits per heavy atom. The summed E-state index contributed by atoms with van der Waals surface area (Å²) in [5.74, 6) is 0. The lowest BCUT2D eigenvalue weighted by Gasteiger charge is -2.29. The Hall–Kier alpha value is -3.56. The van der Waals surface area contributed by atoms with Crippen molar-refractivity contribution in [1.29, 1.82) is 0 Å². The van der Waals surface area contributed by atoms with Crippen molar-refractivity contribution < 1.29 is 9.47 Å². The summed E-state index contributed by atoms with van der Waals surface area (Å²) in [6.07, 6.45) is 2.80. The molecule has 0 amide bonds. The summed E-state index contributed by atoms with van der Waals surface area (Å²) in [6.45, 7) is 14.8. The number of fused-ring (bicyclic) bond motifs is 3. The molecule has 4 rings (SSSR count). The number of nitrogens with zero attached hydrogens (tertiary/aromatic N) is 1. The highest BCUT2D eigenvalue weighted by Crippen LogP contribution is 2.32. The normalized spacial score (nSPS) is 14.3. The van der Waals surface area contributed by atoms with E-state index in [2.05, 4.69) is 34.6 Å². The molecule has 9 nitrogen and oxygen atoms in total. The third-order valence-corrected chi connectivity index (χ3v) is 7.79. The molecule has 4 N–H and O–H groups in total. The van der Waals surface area contributed by atoms with Gasteiger partial charge in [0.1, 0.15) is 0 Å². The number of hydrogen-bond donors (Lipinski definition) is 2. The van der Waals surface area contributed by atoms with Gasteiger partial charge in [-0.15, -0.1) is 0 Å². The molecule has 9 heteroatoms. The molecule has 0 radical (unpaired) electrons. The highest BCUT2D eigenvalue weighted by atomic mass is 16.5. The number of nitrogens with two attached hydrogens (primary N) is 2. The van der Waals surface area contributed by atoms with Gasteiger partial charge in [0.05, 0.1) is 63.9 Å². The minimum Gasteiger partial charge on any atom is -0.397 e. The smallest absolute Gasteiger partial charge is 0.264 e. The van der Waals surface area contributed by atoms with Crippen LogP contribution in [0.25, 0.3) is 32.3 Å². The van der Waals surface area contributed by atoms with Crippen LogP contribution in [0.5, 0.6) is 0 Å². The topological polar surface area (TPSA) is 144 Å². The number of nitrogen functional groups attached to an aromatic ring is 2. The van der Waals surface area contributed by atoms with Gasteiger partial charge in [-0.25, -0.2) is 0 Å². The van der Waals surface area contributed by atoms with Crippen LogP contribution in [0.15, 0.2) is 43.4 Å². The summed E-state index contributed by atoms with van der Waals surface area (Å²) >= 11 is 0. The van der Waals surface area contributed by atoms with Gasteiger partial charge in [-0.3, -0.25) is 23.7 Å². The maximum absolute atomic E-state index is 13.5. The van der Waals surface area contributed by atoms with Crippen LogP contribution in [-0.4, -0.2) is 29.5 Å². The van der Waals surface area contributed by atoms with Crippen LogP contribution in [0.4, 0.5) is 11.4 Å². The molecule has 0 fully saturated rings. The number of anilines is 2. The molecule has 41 heavy (non-hydrogen) atoms. The van der Waals surface area contributed by atoms with Crippen molar-refractivity contribution in [2.45, 2.75) is 85.5 Å². The summed E-state index contributed by atoms with van der Waals surface area (Å²) in [5, 5.41) is -0.195. The Morgan fingerprint density at radius 2 is 1.24 bits per heavy atom. The van der Waals surface area contributed by atoms with E-state index in [9.17, 15) is 19.2 Å². The van der Waals surface area contributed by atoms with Crippen LogP contribution in [0, 0.1) is 5.41 Å². The zero-order chi connectivity index (χ0) is 30.4. The quantitative estimate of drug-likeness (QED) is 0.164. The predicted octanol–water partition coefficient (Wildman–Crippen LogP) is 4.41. The molecule has 2 unspecified atom stereocenters. The van der Waals surface area contributed by atoms with Crippen molar-refractivity contribution in [3.8, 4) is 0 Å². The van der Waals surface area contributed by atoms with Crippen molar-refractivity contribution >= 4 is 43.7 Å². The second-order valence-corrected chi connectivity index (χ2v) is 13.0. The van der Waals surface area contributed by atoms with Gasteiger partial charge in [0.15, 0.2) is 10.9 Å². The Kier molecular flexibility index (Phi) is 8.17. The summed E-state index contributed by atoms with van der Waals surface area (Å²) in [7, 11) is 0. The average Bonchev–Trinajstić information content (AvgIpc) is 3.16. The first-order valence-corrected chi connectivity index (χ1v) is 14.1.